The van der Waals surface area contributed by atoms with Crippen LogP contribution in [0.3, 0.4) is 0 Å². The molecule has 3 nitrogen and oxygen atoms in total. The molecule has 0 saturated carbocycles. The van der Waals surface area contributed by atoms with Gasteiger partial charge in [-0.2, -0.15) is 13.2 Å². The molecule has 0 fully saturated rings. The van der Waals surface area contributed by atoms with Crippen LogP contribution in [-0.4, -0.2) is 17.6 Å². The number of aliphatic hydroxyl groups is 1. The van der Waals surface area contributed by atoms with Crippen LogP contribution in [0, 0.1) is 0 Å². The van der Waals surface area contributed by atoms with E-state index in [2.05, 4.69) is 5.32 Å². The number of carbonyl (C=O) groups is 1. The van der Waals surface area contributed by atoms with E-state index < -0.39 is 28.8 Å². The van der Waals surface area contributed by atoms with Crippen molar-refractivity contribution in [1.82, 2.24) is 5.32 Å². The highest BCUT2D eigenvalue weighted by atomic mass is 19.4. The molecule has 1 atom stereocenters. The van der Waals surface area contributed by atoms with E-state index in [4.69, 9.17) is 0 Å². The Morgan fingerprint density at radius 3 is 2.22 bits per heavy atom. The van der Waals surface area contributed by atoms with Crippen LogP contribution in [0.15, 0.2) is 54.6 Å². The number of rotatable bonds is 4. The van der Waals surface area contributed by atoms with Gasteiger partial charge in [0, 0.05) is 0 Å². The van der Waals surface area contributed by atoms with E-state index >= 15 is 0 Å². The molecule has 0 bridgehead atoms. The smallest absolute Gasteiger partial charge is 0.384 e. The summed E-state index contributed by atoms with van der Waals surface area (Å²) in [5.41, 5.74) is -2.30. The molecule has 0 aromatic heterocycles. The summed E-state index contributed by atoms with van der Waals surface area (Å²) >= 11 is 0. The van der Waals surface area contributed by atoms with Gasteiger partial charge in [0.1, 0.15) is 5.60 Å². The molecule has 1 amide bonds. The first-order valence-electron chi connectivity index (χ1n) is 6.94. The Kier molecular flexibility index (Phi) is 4.75. The first kappa shape index (κ1) is 17.0. The molecule has 23 heavy (non-hydrogen) atoms. The SMILES string of the molecule is CC(O)(CNC(=O)c1ccccc1C(F)(F)F)c1ccccc1. The van der Waals surface area contributed by atoms with Gasteiger partial charge in [0.2, 0.25) is 0 Å². The normalized spacial score (nSPS) is 14.1. The molecule has 2 aromatic carbocycles. The Bertz CT molecular complexity index is 682. The number of alkyl halides is 3. The van der Waals surface area contributed by atoms with Crippen LogP contribution < -0.4 is 5.32 Å². The van der Waals surface area contributed by atoms with E-state index in [0.29, 0.717) is 5.56 Å². The summed E-state index contributed by atoms with van der Waals surface area (Å²) in [6.45, 7) is 1.28. The largest absolute Gasteiger partial charge is 0.417 e. The van der Waals surface area contributed by atoms with Crippen molar-refractivity contribution in [3.8, 4) is 0 Å². The number of benzene rings is 2. The van der Waals surface area contributed by atoms with Gasteiger partial charge in [-0.3, -0.25) is 4.79 Å². The topological polar surface area (TPSA) is 49.3 Å². The molecule has 2 aromatic rings. The van der Waals surface area contributed by atoms with Crippen LogP contribution >= 0.6 is 0 Å². The lowest BCUT2D eigenvalue weighted by atomic mass is 9.96. The summed E-state index contributed by atoms with van der Waals surface area (Å²) in [6, 6.07) is 13.1. The number of amides is 1. The average Bonchev–Trinajstić information content (AvgIpc) is 2.53. The standard InChI is InChI=1S/C17H16F3NO2/c1-16(23,12-7-3-2-4-8-12)11-21-15(22)13-9-5-6-10-14(13)17(18,19)20/h2-10,23H,11H2,1H3,(H,21,22). The van der Waals surface area contributed by atoms with Crippen LogP contribution in [-0.2, 0) is 11.8 Å². The highest BCUT2D eigenvalue weighted by molar-refractivity contribution is 5.95. The molecule has 2 rings (SSSR count). The molecular formula is C17H16F3NO2. The van der Waals surface area contributed by atoms with Crippen LogP contribution in [0.25, 0.3) is 0 Å². The molecule has 0 radical (unpaired) electrons. The minimum absolute atomic E-state index is 0.206. The van der Waals surface area contributed by atoms with Gasteiger partial charge in [0.05, 0.1) is 17.7 Å². The molecule has 0 aliphatic rings. The Labute approximate surface area is 131 Å². The summed E-state index contributed by atoms with van der Waals surface area (Å²) in [5, 5.41) is 12.7. The third-order valence-electron chi connectivity index (χ3n) is 3.47. The van der Waals surface area contributed by atoms with E-state index in [0.717, 1.165) is 12.1 Å². The van der Waals surface area contributed by atoms with E-state index in [-0.39, 0.29) is 6.54 Å². The quantitative estimate of drug-likeness (QED) is 0.906. The maximum atomic E-state index is 12.9. The van der Waals surface area contributed by atoms with Crippen LogP contribution in [0.1, 0.15) is 28.4 Å². The second-order valence-electron chi connectivity index (χ2n) is 5.37. The summed E-state index contributed by atoms with van der Waals surface area (Å²) < 4.78 is 38.8. The van der Waals surface area contributed by atoms with Gasteiger partial charge >= 0.3 is 6.18 Å². The third-order valence-corrected chi connectivity index (χ3v) is 3.47. The Balaban J connectivity index is 2.15. The second kappa shape index (κ2) is 6.42. The molecule has 0 spiro atoms. The van der Waals surface area contributed by atoms with Crippen molar-refractivity contribution >= 4 is 5.91 Å². The number of halogens is 3. The monoisotopic (exact) mass is 323 g/mol. The van der Waals surface area contributed by atoms with Crippen molar-refractivity contribution in [2.45, 2.75) is 18.7 Å². The molecule has 0 saturated heterocycles. The van der Waals surface area contributed by atoms with Crippen molar-refractivity contribution in [1.29, 1.82) is 0 Å². The fraction of sp³-hybridized carbons (Fsp3) is 0.235. The van der Waals surface area contributed by atoms with E-state index in [1.165, 1.54) is 19.1 Å². The van der Waals surface area contributed by atoms with Gasteiger partial charge < -0.3 is 10.4 Å². The van der Waals surface area contributed by atoms with Crippen molar-refractivity contribution in [3.05, 3.63) is 71.3 Å². The lowest BCUT2D eigenvalue weighted by Crippen LogP contribution is -2.39. The summed E-state index contributed by atoms with van der Waals surface area (Å²) in [4.78, 5) is 12.1. The molecule has 122 valence electrons. The summed E-state index contributed by atoms with van der Waals surface area (Å²) in [5.74, 6) is -0.880. The molecular weight excluding hydrogens is 307 g/mol. The average molecular weight is 323 g/mol. The number of hydrogen-bond donors (Lipinski definition) is 2. The zero-order valence-corrected chi connectivity index (χ0v) is 12.4. The number of carbonyl (C=O) groups excluding carboxylic acids is 1. The molecule has 2 N–H and O–H groups in total. The zero-order valence-electron chi connectivity index (χ0n) is 12.4. The van der Waals surface area contributed by atoms with Crippen molar-refractivity contribution < 1.29 is 23.1 Å². The van der Waals surface area contributed by atoms with Gasteiger partial charge in [-0.25, -0.2) is 0 Å². The highest BCUT2D eigenvalue weighted by Gasteiger charge is 2.35. The van der Waals surface area contributed by atoms with E-state index in [9.17, 15) is 23.1 Å². The van der Waals surface area contributed by atoms with E-state index in [1.54, 1.807) is 30.3 Å². The molecule has 1 unspecified atom stereocenters. The lowest BCUT2D eigenvalue weighted by molar-refractivity contribution is -0.137. The Hall–Kier alpha value is -2.34. The molecule has 0 aliphatic carbocycles. The van der Waals surface area contributed by atoms with E-state index in [1.807, 2.05) is 0 Å². The van der Waals surface area contributed by atoms with Crippen molar-refractivity contribution in [2.75, 3.05) is 6.54 Å². The number of nitrogens with one attached hydrogen (secondary N) is 1. The van der Waals surface area contributed by atoms with Crippen LogP contribution in [0.2, 0.25) is 0 Å². The van der Waals surface area contributed by atoms with Crippen molar-refractivity contribution in [2.24, 2.45) is 0 Å². The van der Waals surface area contributed by atoms with Crippen LogP contribution in [0.4, 0.5) is 13.2 Å². The second-order valence-corrected chi connectivity index (χ2v) is 5.37. The van der Waals surface area contributed by atoms with Gasteiger partial charge in [0.15, 0.2) is 0 Å². The fourth-order valence-electron chi connectivity index (χ4n) is 2.18. The zero-order chi connectivity index (χ0) is 17.1. The lowest BCUT2D eigenvalue weighted by Gasteiger charge is -2.24. The van der Waals surface area contributed by atoms with Crippen molar-refractivity contribution in [3.63, 3.8) is 0 Å². The number of hydrogen-bond acceptors (Lipinski definition) is 2. The first-order chi connectivity index (χ1) is 10.7. The Morgan fingerprint density at radius 2 is 1.61 bits per heavy atom. The predicted molar refractivity (Wildman–Crippen MR) is 79.8 cm³/mol. The minimum atomic E-state index is -4.62. The highest BCUT2D eigenvalue weighted by Crippen LogP contribution is 2.31. The maximum absolute atomic E-state index is 12.9. The minimum Gasteiger partial charge on any atom is -0.384 e. The third kappa shape index (κ3) is 4.10. The van der Waals surface area contributed by atoms with Gasteiger partial charge in [-0.15, -0.1) is 0 Å². The molecule has 6 heteroatoms. The fourth-order valence-corrected chi connectivity index (χ4v) is 2.18. The van der Waals surface area contributed by atoms with Gasteiger partial charge in [-0.1, -0.05) is 42.5 Å². The van der Waals surface area contributed by atoms with Gasteiger partial charge in [0.25, 0.3) is 5.91 Å². The van der Waals surface area contributed by atoms with Crippen LogP contribution in [0.5, 0.6) is 0 Å². The molecule has 0 heterocycles. The summed E-state index contributed by atoms with van der Waals surface area (Å²) in [7, 11) is 0. The maximum Gasteiger partial charge on any atom is 0.417 e. The van der Waals surface area contributed by atoms with Gasteiger partial charge in [-0.05, 0) is 24.6 Å². The molecule has 0 aliphatic heterocycles. The first-order valence-corrected chi connectivity index (χ1v) is 6.94. The predicted octanol–water partition coefficient (Wildman–Crippen LogP) is 3.34. The Morgan fingerprint density at radius 1 is 1.04 bits per heavy atom. The summed E-state index contributed by atoms with van der Waals surface area (Å²) in [6.07, 6.45) is -4.62.